The van der Waals surface area contributed by atoms with Crippen LogP contribution in [0.15, 0.2) is 18.2 Å². The second-order valence-corrected chi connectivity index (χ2v) is 4.72. The fraction of sp³-hybridized carbons (Fsp3) is 0.300. The van der Waals surface area contributed by atoms with E-state index in [4.69, 9.17) is 17.3 Å². The molecule has 0 saturated carbocycles. The van der Waals surface area contributed by atoms with E-state index in [1.807, 2.05) is 0 Å². The highest BCUT2D eigenvalue weighted by Crippen LogP contribution is 2.17. The fourth-order valence-electron chi connectivity index (χ4n) is 1.17. The van der Waals surface area contributed by atoms with Gasteiger partial charge in [0.15, 0.2) is 5.78 Å². The van der Waals surface area contributed by atoms with Gasteiger partial charge in [-0.15, -0.1) is 11.6 Å². The van der Waals surface area contributed by atoms with Gasteiger partial charge in [-0.05, 0) is 30.7 Å². The van der Waals surface area contributed by atoms with Gasteiger partial charge in [0.2, 0.25) is 0 Å². The number of ketones is 1. The molecule has 0 aromatic heterocycles. The lowest BCUT2D eigenvalue weighted by Crippen LogP contribution is -2.10. The van der Waals surface area contributed by atoms with Crippen LogP contribution in [0.5, 0.6) is 0 Å². The maximum absolute atomic E-state index is 11.6. The molecule has 0 radical (unpaired) electrons. The smallest absolute Gasteiger partial charge is 0.176 e. The summed E-state index contributed by atoms with van der Waals surface area (Å²) in [6.07, 6.45) is 0. The molecule has 0 heterocycles. The second-order valence-electron chi connectivity index (χ2n) is 3.08. The number of hydrogen-bond acceptors (Lipinski definition) is 2. The molecular formula is C10H11BrClNO. The number of halogens is 2. The largest absolute Gasteiger partial charge is 0.399 e. The SMILES string of the molecule is CC(Br)C(=O)c1cc(N)cc(CCl)c1. The van der Waals surface area contributed by atoms with Gasteiger partial charge in [0.05, 0.1) is 4.83 Å². The topological polar surface area (TPSA) is 43.1 Å². The zero-order chi connectivity index (χ0) is 10.7. The zero-order valence-electron chi connectivity index (χ0n) is 7.76. The molecule has 4 heteroatoms. The molecule has 76 valence electrons. The van der Waals surface area contributed by atoms with Gasteiger partial charge in [-0.3, -0.25) is 4.79 Å². The van der Waals surface area contributed by atoms with E-state index in [0.29, 0.717) is 17.1 Å². The average Bonchev–Trinajstić information content (AvgIpc) is 2.15. The van der Waals surface area contributed by atoms with Crippen LogP contribution in [-0.2, 0) is 5.88 Å². The van der Waals surface area contributed by atoms with Crippen molar-refractivity contribution in [3.63, 3.8) is 0 Å². The van der Waals surface area contributed by atoms with Crippen LogP contribution in [0.25, 0.3) is 0 Å². The number of nitrogens with two attached hydrogens (primary N) is 1. The number of anilines is 1. The lowest BCUT2D eigenvalue weighted by Gasteiger charge is -2.06. The second kappa shape index (κ2) is 4.80. The van der Waals surface area contributed by atoms with E-state index in [0.717, 1.165) is 5.56 Å². The van der Waals surface area contributed by atoms with Crippen LogP contribution < -0.4 is 5.73 Å². The number of carbonyl (C=O) groups is 1. The Labute approximate surface area is 96.6 Å². The van der Waals surface area contributed by atoms with Crippen molar-refractivity contribution in [3.8, 4) is 0 Å². The summed E-state index contributed by atoms with van der Waals surface area (Å²) in [6.45, 7) is 1.78. The number of nitrogen functional groups attached to an aromatic ring is 1. The van der Waals surface area contributed by atoms with Gasteiger partial charge in [-0.1, -0.05) is 15.9 Å². The average molecular weight is 277 g/mol. The summed E-state index contributed by atoms with van der Waals surface area (Å²) in [5.41, 5.74) is 7.68. The quantitative estimate of drug-likeness (QED) is 0.524. The number of Topliss-reactive ketones (excluding diaryl/α,β-unsaturated/α-hetero) is 1. The molecule has 0 aliphatic rings. The first-order valence-corrected chi connectivity index (χ1v) is 5.63. The van der Waals surface area contributed by atoms with Crippen molar-refractivity contribution in [2.75, 3.05) is 5.73 Å². The molecular weight excluding hydrogens is 265 g/mol. The highest BCUT2D eigenvalue weighted by molar-refractivity contribution is 9.10. The molecule has 0 fully saturated rings. The van der Waals surface area contributed by atoms with Crippen molar-refractivity contribution in [3.05, 3.63) is 29.3 Å². The van der Waals surface area contributed by atoms with Gasteiger partial charge >= 0.3 is 0 Å². The van der Waals surface area contributed by atoms with Gasteiger partial charge in [0.25, 0.3) is 0 Å². The molecule has 0 spiro atoms. The minimum absolute atomic E-state index is 0.0173. The minimum Gasteiger partial charge on any atom is -0.399 e. The Kier molecular flexibility index (Phi) is 3.96. The monoisotopic (exact) mass is 275 g/mol. The number of alkyl halides is 2. The Balaban J connectivity index is 3.09. The molecule has 1 unspecified atom stereocenters. The fourth-order valence-corrected chi connectivity index (χ4v) is 1.59. The summed E-state index contributed by atoms with van der Waals surface area (Å²) in [4.78, 5) is 11.4. The van der Waals surface area contributed by atoms with Crippen LogP contribution >= 0.6 is 27.5 Å². The molecule has 0 aliphatic carbocycles. The summed E-state index contributed by atoms with van der Waals surface area (Å²) in [5, 5.41) is 0. The predicted octanol–water partition coefficient (Wildman–Crippen LogP) is 2.97. The highest BCUT2D eigenvalue weighted by atomic mass is 79.9. The molecule has 2 nitrogen and oxygen atoms in total. The van der Waals surface area contributed by atoms with E-state index >= 15 is 0 Å². The standard InChI is InChI=1S/C10H11BrClNO/c1-6(11)10(14)8-2-7(5-12)3-9(13)4-8/h2-4,6H,5,13H2,1H3. The Morgan fingerprint density at radius 1 is 1.57 bits per heavy atom. The Morgan fingerprint density at radius 3 is 2.71 bits per heavy atom. The van der Waals surface area contributed by atoms with Gasteiger partial charge in [-0.25, -0.2) is 0 Å². The first kappa shape index (κ1) is 11.5. The van der Waals surface area contributed by atoms with Gasteiger partial charge in [0.1, 0.15) is 0 Å². The van der Waals surface area contributed by atoms with Crippen molar-refractivity contribution in [2.24, 2.45) is 0 Å². The number of carbonyl (C=O) groups excluding carboxylic acids is 1. The Bertz CT molecular complexity index is 352. The molecule has 0 bridgehead atoms. The number of benzene rings is 1. The third kappa shape index (κ3) is 2.72. The van der Waals surface area contributed by atoms with Crippen LogP contribution in [0.2, 0.25) is 0 Å². The van der Waals surface area contributed by atoms with Crippen LogP contribution in [-0.4, -0.2) is 10.6 Å². The molecule has 1 atom stereocenters. The normalized spacial score (nSPS) is 12.5. The van der Waals surface area contributed by atoms with Gasteiger partial charge in [0, 0.05) is 17.1 Å². The van der Waals surface area contributed by atoms with E-state index < -0.39 is 0 Å². The molecule has 0 aliphatic heterocycles. The van der Waals surface area contributed by atoms with Crippen molar-refractivity contribution < 1.29 is 4.79 Å². The van der Waals surface area contributed by atoms with Crippen molar-refractivity contribution in [1.29, 1.82) is 0 Å². The maximum Gasteiger partial charge on any atom is 0.176 e. The molecule has 1 aromatic rings. The molecule has 0 saturated heterocycles. The molecule has 1 aromatic carbocycles. The minimum atomic E-state index is -0.201. The predicted molar refractivity (Wildman–Crippen MR) is 63.1 cm³/mol. The lowest BCUT2D eigenvalue weighted by atomic mass is 10.1. The van der Waals surface area contributed by atoms with E-state index in [9.17, 15) is 4.79 Å². The molecule has 14 heavy (non-hydrogen) atoms. The molecule has 0 amide bonds. The summed E-state index contributed by atoms with van der Waals surface area (Å²) in [6, 6.07) is 5.20. The van der Waals surface area contributed by atoms with Crippen molar-refractivity contribution in [1.82, 2.24) is 0 Å². The summed E-state index contributed by atoms with van der Waals surface area (Å²) in [5.74, 6) is 0.380. The first-order valence-electron chi connectivity index (χ1n) is 4.18. The highest BCUT2D eigenvalue weighted by Gasteiger charge is 2.12. The summed E-state index contributed by atoms with van der Waals surface area (Å²) < 4.78 is 0. The molecule has 2 N–H and O–H groups in total. The van der Waals surface area contributed by atoms with Crippen molar-refractivity contribution >= 4 is 39.0 Å². The van der Waals surface area contributed by atoms with Crippen LogP contribution in [0.1, 0.15) is 22.8 Å². The Morgan fingerprint density at radius 2 is 2.21 bits per heavy atom. The van der Waals surface area contributed by atoms with Crippen LogP contribution in [0, 0.1) is 0 Å². The van der Waals surface area contributed by atoms with E-state index in [1.54, 1.807) is 25.1 Å². The maximum atomic E-state index is 11.6. The summed E-state index contributed by atoms with van der Waals surface area (Å²) in [7, 11) is 0. The molecule has 1 rings (SSSR count). The first-order chi connectivity index (χ1) is 6.54. The van der Waals surface area contributed by atoms with E-state index in [-0.39, 0.29) is 10.6 Å². The van der Waals surface area contributed by atoms with E-state index in [2.05, 4.69) is 15.9 Å². The summed E-state index contributed by atoms with van der Waals surface area (Å²) >= 11 is 8.90. The van der Waals surface area contributed by atoms with Crippen LogP contribution in [0.4, 0.5) is 5.69 Å². The van der Waals surface area contributed by atoms with Crippen LogP contribution in [0.3, 0.4) is 0 Å². The number of hydrogen-bond donors (Lipinski definition) is 1. The van der Waals surface area contributed by atoms with Crippen molar-refractivity contribution in [2.45, 2.75) is 17.6 Å². The van der Waals surface area contributed by atoms with E-state index in [1.165, 1.54) is 0 Å². The van der Waals surface area contributed by atoms with Gasteiger partial charge in [-0.2, -0.15) is 0 Å². The van der Waals surface area contributed by atoms with Gasteiger partial charge < -0.3 is 5.73 Å². The third-order valence-electron chi connectivity index (χ3n) is 1.82. The number of rotatable bonds is 3. The lowest BCUT2D eigenvalue weighted by molar-refractivity contribution is 0.0996. The zero-order valence-corrected chi connectivity index (χ0v) is 10.1. The Hall–Kier alpha value is -0.540. The third-order valence-corrected chi connectivity index (χ3v) is 2.54.